The summed E-state index contributed by atoms with van der Waals surface area (Å²) in [5.41, 5.74) is 2.99. The first-order chi connectivity index (χ1) is 17.8. The molecule has 0 saturated carbocycles. The summed E-state index contributed by atoms with van der Waals surface area (Å²) in [5, 5.41) is 10.5. The van der Waals surface area contributed by atoms with Crippen molar-refractivity contribution in [3.63, 3.8) is 0 Å². The first kappa shape index (κ1) is 30.9. The number of likely N-dealkylation sites (N-methyl/N-ethyl adjacent to an activating group) is 2. The summed E-state index contributed by atoms with van der Waals surface area (Å²) in [6, 6.07) is 7.67. The van der Waals surface area contributed by atoms with E-state index in [9.17, 15) is 9.90 Å². The highest BCUT2D eigenvalue weighted by atomic mass is 35.5. The molecule has 0 spiro atoms. The number of rotatable bonds is 9. The number of halogens is 2. The van der Waals surface area contributed by atoms with E-state index in [-0.39, 0.29) is 67.0 Å². The maximum atomic E-state index is 13.3. The van der Waals surface area contributed by atoms with Crippen molar-refractivity contribution in [1.82, 2.24) is 9.80 Å². The molecule has 1 saturated heterocycles. The van der Waals surface area contributed by atoms with Crippen LogP contribution in [0.15, 0.2) is 24.3 Å². The molecule has 2 aromatic carbocycles. The lowest BCUT2D eigenvalue weighted by molar-refractivity contribution is -0.141. The Kier molecular flexibility index (Phi) is 10.1. The minimum absolute atomic E-state index is 0. The molecule has 39 heavy (non-hydrogen) atoms. The molecule has 11 heteroatoms. The number of hydrogen-bond acceptors (Lipinski definition) is 9. The number of ether oxygens (including phenoxy) is 5. The summed E-state index contributed by atoms with van der Waals surface area (Å²) < 4.78 is 28.1. The molecule has 2 aromatic rings. The molecule has 2 heterocycles. The minimum Gasteiger partial charge on any atom is -0.502 e. The van der Waals surface area contributed by atoms with Gasteiger partial charge in [-0.2, -0.15) is 0 Å². The molecular weight excluding hydrogens is 547 g/mol. The second-order valence-electron chi connectivity index (χ2n) is 10.4. The molecule has 9 nitrogen and oxygen atoms in total. The molecule has 216 valence electrons. The van der Waals surface area contributed by atoms with Crippen LogP contribution >= 0.6 is 24.8 Å². The molecular formula is C28H38Cl2N2O7. The second kappa shape index (κ2) is 12.7. The highest BCUT2D eigenvalue weighted by molar-refractivity contribution is 5.85. The fourth-order valence-electron chi connectivity index (χ4n) is 5.98. The van der Waals surface area contributed by atoms with Gasteiger partial charge in [0, 0.05) is 24.9 Å². The number of methoxy groups -OCH3 is 2. The molecule has 1 fully saturated rings. The van der Waals surface area contributed by atoms with E-state index in [0.29, 0.717) is 23.9 Å². The molecule has 5 rings (SSSR count). The number of carbonyl (C=O) groups is 1. The summed E-state index contributed by atoms with van der Waals surface area (Å²) in [6.45, 7) is 3.40. The molecule has 3 aliphatic rings. The van der Waals surface area contributed by atoms with Crippen molar-refractivity contribution in [1.29, 1.82) is 0 Å². The van der Waals surface area contributed by atoms with Gasteiger partial charge in [-0.25, -0.2) is 0 Å². The Hall–Kier alpha value is -2.59. The summed E-state index contributed by atoms with van der Waals surface area (Å²) in [7, 11) is 9.29. The van der Waals surface area contributed by atoms with E-state index in [2.05, 4.69) is 37.0 Å². The van der Waals surface area contributed by atoms with Crippen LogP contribution in [0.4, 0.5) is 0 Å². The number of phenols is 1. The van der Waals surface area contributed by atoms with Crippen molar-refractivity contribution < 1.29 is 33.6 Å². The fraction of sp³-hybridized carbons (Fsp3) is 0.536. The Morgan fingerprint density at radius 1 is 0.897 bits per heavy atom. The SMILES string of the molecule is COc1cc([C@@H]2c3cc4c(cc3[C@@H](CCN(C)CCN(C)C)C3COC(=O)[C@@H]32)OCO4)cc(OC)c1O.Cl.Cl. The average molecular weight is 586 g/mol. The fourth-order valence-corrected chi connectivity index (χ4v) is 5.98. The molecule has 1 aliphatic carbocycles. The van der Waals surface area contributed by atoms with Crippen molar-refractivity contribution in [2.45, 2.75) is 18.3 Å². The number of benzene rings is 2. The van der Waals surface area contributed by atoms with Gasteiger partial charge in [-0.15, -0.1) is 24.8 Å². The van der Waals surface area contributed by atoms with Gasteiger partial charge < -0.3 is 38.6 Å². The highest BCUT2D eigenvalue weighted by Crippen LogP contribution is 2.56. The number of phenolic OH excluding ortho intramolecular Hbond substituents is 1. The zero-order valence-corrected chi connectivity index (χ0v) is 24.6. The zero-order chi connectivity index (χ0) is 26.3. The maximum absolute atomic E-state index is 13.3. The molecule has 1 N–H and O–H groups in total. The predicted octanol–water partition coefficient (Wildman–Crippen LogP) is 3.88. The van der Waals surface area contributed by atoms with E-state index in [1.165, 1.54) is 14.2 Å². The molecule has 4 atom stereocenters. The Labute approximate surface area is 242 Å². The van der Waals surface area contributed by atoms with Crippen LogP contribution in [-0.4, -0.2) is 89.3 Å². The number of esters is 1. The van der Waals surface area contributed by atoms with Crippen LogP contribution in [0.3, 0.4) is 0 Å². The van der Waals surface area contributed by atoms with E-state index in [4.69, 9.17) is 23.7 Å². The zero-order valence-electron chi connectivity index (χ0n) is 23.0. The van der Waals surface area contributed by atoms with Gasteiger partial charge in [0.05, 0.1) is 26.7 Å². The third-order valence-corrected chi connectivity index (χ3v) is 7.95. The third kappa shape index (κ3) is 5.82. The van der Waals surface area contributed by atoms with Crippen LogP contribution in [0.5, 0.6) is 28.7 Å². The lowest BCUT2D eigenvalue weighted by Crippen LogP contribution is -2.37. The molecule has 0 radical (unpaired) electrons. The summed E-state index contributed by atoms with van der Waals surface area (Å²) in [6.07, 6.45) is 0.892. The molecule has 0 bridgehead atoms. The van der Waals surface area contributed by atoms with E-state index in [1.807, 2.05) is 6.07 Å². The average Bonchev–Trinajstić information content (AvgIpc) is 3.50. The molecule has 0 aromatic heterocycles. The Morgan fingerprint density at radius 3 is 2.10 bits per heavy atom. The van der Waals surface area contributed by atoms with Gasteiger partial charge >= 0.3 is 5.97 Å². The van der Waals surface area contributed by atoms with Crippen molar-refractivity contribution in [2.24, 2.45) is 11.8 Å². The third-order valence-electron chi connectivity index (χ3n) is 7.95. The van der Waals surface area contributed by atoms with E-state index in [1.54, 1.807) is 12.1 Å². The Bertz CT molecular complexity index is 1150. The van der Waals surface area contributed by atoms with E-state index >= 15 is 0 Å². The lowest BCUT2D eigenvalue weighted by atomic mass is 9.62. The van der Waals surface area contributed by atoms with Crippen molar-refractivity contribution in [2.75, 3.05) is 68.4 Å². The van der Waals surface area contributed by atoms with Gasteiger partial charge in [-0.05, 0) is 81.0 Å². The first-order valence-corrected chi connectivity index (χ1v) is 12.7. The quantitative estimate of drug-likeness (QED) is 0.441. The molecule has 2 aliphatic heterocycles. The van der Waals surface area contributed by atoms with Crippen molar-refractivity contribution >= 4 is 30.8 Å². The van der Waals surface area contributed by atoms with Crippen LogP contribution in [0.2, 0.25) is 0 Å². The van der Waals surface area contributed by atoms with Gasteiger partial charge in [0.2, 0.25) is 12.5 Å². The monoisotopic (exact) mass is 584 g/mol. The van der Waals surface area contributed by atoms with Crippen LogP contribution in [0, 0.1) is 11.8 Å². The van der Waals surface area contributed by atoms with Crippen molar-refractivity contribution in [3.05, 3.63) is 41.0 Å². The number of carbonyl (C=O) groups excluding carboxylic acids is 1. The van der Waals surface area contributed by atoms with Gasteiger partial charge in [-0.1, -0.05) is 0 Å². The second-order valence-corrected chi connectivity index (χ2v) is 10.4. The standard InChI is InChI=1S/C28H36N2O7.2ClH/c1-29(2)8-9-30(3)7-6-17-18-12-21-22(37-15-36-21)13-19(18)25(26-20(17)14-35-28(26)32)16-10-23(33-4)27(31)24(11-16)34-5;;/h10-13,17,20,25-26,31H,6-9,14-15H2,1-5H3;2*1H/t17-,20?,25-,26+;;/m1../s1. The van der Waals surface area contributed by atoms with Crippen LogP contribution in [0.1, 0.15) is 34.9 Å². The highest BCUT2D eigenvalue weighted by Gasteiger charge is 2.52. The number of aromatic hydroxyl groups is 1. The molecule has 0 amide bonds. The van der Waals surface area contributed by atoms with Gasteiger partial charge in [0.25, 0.3) is 0 Å². The number of nitrogens with zero attached hydrogens (tertiary/aromatic N) is 2. The van der Waals surface area contributed by atoms with E-state index < -0.39 is 0 Å². The van der Waals surface area contributed by atoms with Gasteiger partial charge in [-0.3, -0.25) is 4.79 Å². The lowest BCUT2D eigenvalue weighted by Gasteiger charge is -2.40. The van der Waals surface area contributed by atoms with Gasteiger partial charge in [0.15, 0.2) is 23.0 Å². The van der Waals surface area contributed by atoms with Crippen LogP contribution < -0.4 is 18.9 Å². The normalized spacial score (nSPS) is 22.5. The smallest absolute Gasteiger partial charge is 0.310 e. The first-order valence-electron chi connectivity index (χ1n) is 12.7. The number of cyclic esters (lactones) is 1. The molecule has 1 unspecified atom stereocenters. The minimum atomic E-state index is -0.371. The van der Waals surface area contributed by atoms with E-state index in [0.717, 1.165) is 48.5 Å². The Morgan fingerprint density at radius 2 is 1.51 bits per heavy atom. The van der Waals surface area contributed by atoms with Gasteiger partial charge in [0.1, 0.15) is 0 Å². The topological polar surface area (TPSA) is 89.9 Å². The number of hydrogen-bond donors (Lipinski definition) is 1. The number of fused-ring (bicyclic) bond motifs is 3. The maximum Gasteiger partial charge on any atom is 0.310 e. The predicted molar refractivity (Wildman–Crippen MR) is 151 cm³/mol. The summed E-state index contributed by atoms with van der Waals surface area (Å²) in [5.74, 6) is 1.18. The van der Waals surface area contributed by atoms with Crippen molar-refractivity contribution in [3.8, 4) is 28.7 Å². The Balaban J connectivity index is 0.00000210. The van der Waals surface area contributed by atoms with Crippen LogP contribution in [-0.2, 0) is 9.53 Å². The summed E-state index contributed by atoms with van der Waals surface area (Å²) >= 11 is 0. The largest absolute Gasteiger partial charge is 0.502 e. The summed E-state index contributed by atoms with van der Waals surface area (Å²) in [4.78, 5) is 17.8. The van der Waals surface area contributed by atoms with Crippen LogP contribution in [0.25, 0.3) is 0 Å².